The van der Waals surface area contributed by atoms with Gasteiger partial charge in [-0.1, -0.05) is 62.2 Å². The summed E-state index contributed by atoms with van der Waals surface area (Å²) in [6.07, 6.45) is 4.87. The Hall–Kier alpha value is -1.87. The van der Waals surface area contributed by atoms with Crippen molar-refractivity contribution in [2.45, 2.75) is 51.6 Å². The van der Waals surface area contributed by atoms with Crippen LogP contribution in [-0.2, 0) is 4.79 Å². The Labute approximate surface area is 144 Å². The molecule has 1 fully saturated rings. The van der Waals surface area contributed by atoms with Gasteiger partial charge in [0.1, 0.15) is 0 Å². The first-order valence-electron chi connectivity index (χ1n) is 9.15. The van der Waals surface area contributed by atoms with Crippen LogP contribution in [0.3, 0.4) is 0 Å². The fraction of sp³-hybridized carbons (Fsp3) is 0.476. The van der Waals surface area contributed by atoms with Crippen molar-refractivity contribution in [3.05, 3.63) is 48.0 Å². The van der Waals surface area contributed by atoms with E-state index in [1.54, 1.807) is 0 Å². The van der Waals surface area contributed by atoms with Gasteiger partial charge in [0.15, 0.2) is 0 Å². The molecule has 0 aliphatic heterocycles. The second-order valence-corrected chi connectivity index (χ2v) is 7.11. The molecule has 3 atom stereocenters. The molecular formula is C21H28N2O. The summed E-state index contributed by atoms with van der Waals surface area (Å²) in [6.45, 7) is 4.74. The fourth-order valence-corrected chi connectivity index (χ4v) is 3.77. The summed E-state index contributed by atoms with van der Waals surface area (Å²) in [5.41, 5.74) is 1.24. The van der Waals surface area contributed by atoms with Gasteiger partial charge in [-0.05, 0) is 42.0 Å². The van der Waals surface area contributed by atoms with Crippen LogP contribution in [0.2, 0.25) is 0 Å². The molecular weight excluding hydrogens is 296 g/mol. The Balaban J connectivity index is 1.58. The SMILES string of the molecule is C[C@H](NCC(=O)N[C@H]1CCCC[C@@H]1C)c1cccc2ccccc12. The Bertz CT molecular complexity index is 692. The zero-order chi connectivity index (χ0) is 16.9. The highest BCUT2D eigenvalue weighted by Crippen LogP contribution is 2.25. The van der Waals surface area contributed by atoms with Gasteiger partial charge in [0.25, 0.3) is 0 Å². The predicted molar refractivity (Wildman–Crippen MR) is 99.9 cm³/mol. The third-order valence-corrected chi connectivity index (χ3v) is 5.32. The zero-order valence-corrected chi connectivity index (χ0v) is 14.7. The summed E-state index contributed by atoms with van der Waals surface area (Å²) in [7, 11) is 0. The summed E-state index contributed by atoms with van der Waals surface area (Å²) in [5.74, 6) is 0.707. The topological polar surface area (TPSA) is 41.1 Å². The molecule has 2 aromatic rings. The van der Waals surface area contributed by atoms with Gasteiger partial charge in [0.2, 0.25) is 5.91 Å². The maximum Gasteiger partial charge on any atom is 0.234 e. The van der Waals surface area contributed by atoms with Crippen molar-refractivity contribution in [1.29, 1.82) is 0 Å². The molecule has 128 valence electrons. The molecule has 3 heteroatoms. The zero-order valence-electron chi connectivity index (χ0n) is 14.7. The van der Waals surface area contributed by atoms with Crippen LogP contribution in [0.5, 0.6) is 0 Å². The van der Waals surface area contributed by atoms with Crippen LogP contribution in [0, 0.1) is 5.92 Å². The van der Waals surface area contributed by atoms with Crippen LogP contribution in [0.15, 0.2) is 42.5 Å². The van der Waals surface area contributed by atoms with Crippen LogP contribution >= 0.6 is 0 Å². The van der Waals surface area contributed by atoms with Crippen LogP contribution in [0.4, 0.5) is 0 Å². The quantitative estimate of drug-likeness (QED) is 0.866. The van der Waals surface area contributed by atoms with Crippen molar-refractivity contribution in [3.8, 4) is 0 Å². The lowest BCUT2D eigenvalue weighted by Gasteiger charge is -2.29. The van der Waals surface area contributed by atoms with Crippen LogP contribution < -0.4 is 10.6 Å². The minimum atomic E-state index is 0.112. The number of hydrogen-bond donors (Lipinski definition) is 2. The van der Waals surface area contributed by atoms with E-state index in [1.165, 1.54) is 35.6 Å². The minimum absolute atomic E-state index is 0.112. The summed E-state index contributed by atoms with van der Waals surface area (Å²) in [6, 6.07) is 15.2. The molecule has 1 aliphatic carbocycles. The number of nitrogens with one attached hydrogen (secondary N) is 2. The lowest BCUT2D eigenvalue weighted by molar-refractivity contribution is -0.121. The van der Waals surface area contributed by atoms with Gasteiger partial charge >= 0.3 is 0 Å². The van der Waals surface area contributed by atoms with Crippen LogP contribution in [0.25, 0.3) is 10.8 Å². The Morgan fingerprint density at radius 1 is 1.12 bits per heavy atom. The fourth-order valence-electron chi connectivity index (χ4n) is 3.77. The summed E-state index contributed by atoms with van der Waals surface area (Å²) in [5, 5.41) is 9.09. The van der Waals surface area contributed by atoms with E-state index in [-0.39, 0.29) is 11.9 Å². The number of rotatable bonds is 5. The smallest absolute Gasteiger partial charge is 0.234 e. The second-order valence-electron chi connectivity index (χ2n) is 7.11. The molecule has 0 radical (unpaired) electrons. The van der Waals surface area contributed by atoms with E-state index in [4.69, 9.17) is 0 Å². The highest BCUT2D eigenvalue weighted by molar-refractivity contribution is 5.86. The molecule has 0 saturated heterocycles. The number of hydrogen-bond acceptors (Lipinski definition) is 2. The summed E-state index contributed by atoms with van der Waals surface area (Å²) >= 11 is 0. The van der Waals surface area contributed by atoms with Crippen molar-refractivity contribution < 1.29 is 4.79 Å². The lowest BCUT2D eigenvalue weighted by atomic mass is 9.86. The average Bonchev–Trinajstić information content (AvgIpc) is 2.61. The first-order chi connectivity index (χ1) is 11.6. The molecule has 0 spiro atoms. The van der Waals surface area contributed by atoms with E-state index < -0.39 is 0 Å². The Morgan fingerprint density at radius 3 is 2.71 bits per heavy atom. The normalized spacial score (nSPS) is 22.2. The molecule has 1 saturated carbocycles. The third-order valence-electron chi connectivity index (χ3n) is 5.32. The maximum absolute atomic E-state index is 12.3. The van der Waals surface area contributed by atoms with E-state index in [2.05, 4.69) is 66.9 Å². The monoisotopic (exact) mass is 324 g/mol. The van der Waals surface area contributed by atoms with E-state index in [0.29, 0.717) is 18.5 Å². The average molecular weight is 324 g/mol. The van der Waals surface area contributed by atoms with E-state index in [9.17, 15) is 4.79 Å². The Morgan fingerprint density at radius 2 is 1.88 bits per heavy atom. The number of fused-ring (bicyclic) bond motifs is 1. The Kier molecular flexibility index (Phi) is 5.52. The van der Waals surface area contributed by atoms with Gasteiger partial charge in [-0.25, -0.2) is 0 Å². The second kappa shape index (κ2) is 7.80. The minimum Gasteiger partial charge on any atom is -0.352 e. The molecule has 2 aromatic carbocycles. The van der Waals surface area contributed by atoms with Crippen molar-refractivity contribution in [2.75, 3.05) is 6.54 Å². The van der Waals surface area contributed by atoms with Gasteiger partial charge in [0.05, 0.1) is 6.54 Å². The molecule has 1 aliphatic rings. The first kappa shape index (κ1) is 17.0. The molecule has 3 rings (SSSR count). The lowest BCUT2D eigenvalue weighted by Crippen LogP contribution is -2.45. The van der Waals surface area contributed by atoms with Crippen LogP contribution in [-0.4, -0.2) is 18.5 Å². The number of benzene rings is 2. The molecule has 3 nitrogen and oxygen atoms in total. The number of amides is 1. The van der Waals surface area contributed by atoms with Crippen molar-refractivity contribution in [2.24, 2.45) is 5.92 Å². The molecule has 1 amide bonds. The molecule has 0 aromatic heterocycles. The van der Waals surface area contributed by atoms with Crippen molar-refractivity contribution >= 4 is 16.7 Å². The molecule has 0 heterocycles. The largest absolute Gasteiger partial charge is 0.352 e. The van der Waals surface area contributed by atoms with Crippen molar-refractivity contribution in [1.82, 2.24) is 10.6 Å². The number of carbonyl (C=O) groups is 1. The molecule has 2 N–H and O–H groups in total. The summed E-state index contributed by atoms with van der Waals surface area (Å²) in [4.78, 5) is 12.3. The highest BCUT2D eigenvalue weighted by Gasteiger charge is 2.22. The van der Waals surface area contributed by atoms with Gasteiger partial charge in [-0.3, -0.25) is 4.79 Å². The molecule has 0 unspecified atom stereocenters. The maximum atomic E-state index is 12.3. The van der Waals surface area contributed by atoms with Gasteiger partial charge in [-0.15, -0.1) is 0 Å². The van der Waals surface area contributed by atoms with E-state index >= 15 is 0 Å². The van der Waals surface area contributed by atoms with Gasteiger partial charge in [-0.2, -0.15) is 0 Å². The summed E-state index contributed by atoms with van der Waals surface area (Å²) < 4.78 is 0. The van der Waals surface area contributed by atoms with E-state index in [0.717, 1.165) is 6.42 Å². The van der Waals surface area contributed by atoms with E-state index in [1.807, 2.05) is 0 Å². The van der Waals surface area contributed by atoms with Gasteiger partial charge < -0.3 is 10.6 Å². The third kappa shape index (κ3) is 3.96. The predicted octanol–water partition coefficient (Wildman–Crippen LogP) is 4.19. The molecule has 0 bridgehead atoms. The molecule has 24 heavy (non-hydrogen) atoms. The van der Waals surface area contributed by atoms with Crippen molar-refractivity contribution in [3.63, 3.8) is 0 Å². The van der Waals surface area contributed by atoms with Crippen LogP contribution in [0.1, 0.15) is 51.1 Å². The highest BCUT2D eigenvalue weighted by atomic mass is 16.2. The standard InChI is InChI=1S/C21H28N2O/c1-15-8-3-6-13-20(15)23-21(24)14-22-16(2)18-12-7-10-17-9-4-5-11-19(17)18/h4-5,7,9-12,15-16,20,22H,3,6,8,13-14H2,1-2H3,(H,23,24)/t15-,16-,20-/m0/s1. The first-order valence-corrected chi connectivity index (χ1v) is 9.15. The van der Waals surface area contributed by atoms with Gasteiger partial charge in [0, 0.05) is 12.1 Å². The number of carbonyl (C=O) groups excluding carboxylic acids is 1.